The maximum absolute atomic E-state index is 11.7. The summed E-state index contributed by atoms with van der Waals surface area (Å²) in [6.45, 7) is 0.376. The third-order valence-corrected chi connectivity index (χ3v) is 1.98. The third-order valence-electron chi connectivity index (χ3n) is 1.98. The lowest BCUT2D eigenvalue weighted by Crippen LogP contribution is -2.35. The van der Waals surface area contributed by atoms with E-state index in [2.05, 4.69) is 4.98 Å². The molecule has 0 aliphatic heterocycles. The highest BCUT2D eigenvalue weighted by Gasteiger charge is 2.11. The van der Waals surface area contributed by atoms with Crippen LogP contribution in [-0.4, -0.2) is 43.5 Å². The van der Waals surface area contributed by atoms with Crippen molar-refractivity contribution in [3.8, 4) is 0 Å². The fraction of sp³-hybridized carbons (Fsp3) is 0.400. The van der Waals surface area contributed by atoms with Crippen molar-refractivity contribution in [3.05, 3.63) is 18.3 Å². The zero-order chi connectivity index (χ0) is 11.4. The number of pyridine rings is 1. The number of hydrogen-bond donors (Lipinski definition) is 1. The molecule has 1 rings (SSSR count). The fourth-order valence-corrected chi connectivity index (χ4v) is 1.12. The first-order chi connectivity index (χ1) is 7.00. The number of hydrogen-bond acceptors (Lipinski definition) is 4. The largest absolute Gasteiger partial charge is 0.384 e. The standard InChI is InChI=1S/C10H16N4O/c1-13(2)7-10(15)14(3)8-4-5-9(11)12-6-8/h4-6H,7H2,1-3H3,(H2,11,12). The summed E-state index contributed by atoms with van der Waals surface area (Å²) in [5.74, 6) is 0.471. The topological polar surface area (TPSA) is 62.5 Å². The highest BCUT2D eigenvalue weighted by molar-refractivity contribution is 5.94. The van der Waals surface area contributed by atoms with Crippen LogP contribution in [0.1, 0.15) is 0 Å². The van der Waals surface area contributed by atoms with Crippen LogP contribution in [0.5, 0.6) is 0 Å². The van der Waals surface area contributed by atoms with Gasteiger partial charge in [-0.05, 0) is 26.2 Å². The molecule has 0 bridgehead atoms. The molecule has 0 saturated heterocycles. The van der Waals surface area contributed by atoms with Gasteiger partial charge in [-0.1, -0.05) is 0 Å². The van der Waals surface area contributed by atoms with Crippen LogP contribution in [0.3, 0.4) is 0 Å². The Morgan fingerprint density at radius 1 is 1.40 bits per heavy atom. The van der Waals surface area contributed by atoms with Crippen molar-refractivity contribution in [3.63, 3.8) is 0 Å². The summed E-state index contributed by atoms with van der Waals surface area (Å²) in [6, 6.07) is 3.45. The molecule has 1 aromatic heterocycles. The Morgan fingerprint density at radius 3 is 2.53 bits per heavy atom. The molecule has 15 heavy (non-hydrogen) atoms. The number of carbonyl (C=O) groups is 1. The van der Waals surface area contributed by atoms with Gasteiger partial charge in [0.25, 0.3) is 0 Å². The summed E-state index contributed by atoms with van der Waals surface area (Å²) in [7, 11) is 5.43. The normalized spacial score (nSPS) is 10.4. The molecular formula is C10H16N4O. The fourth-order valence-electron chi connectivity index (χ4n) is 1.12. The van der Waals surface area contributed by atoms with Gasteiger partial charge in [0.15, 0.2) is 0 Å². The lowest BCUT2D eigenvalue weighted by atomic mass is 10.3. The van der Waals surface area contributed by atoms with Gasteiger partial charge < -0.3 is 15.5 Å². The van der Waals surface area contributed by atoms with Gasteiger partial charge in [-0.2, -0.15) is 0 Å². The number of amides is 1. The Morgan fingerprint density at radius 2 is 2.07 bits per heavy atom. The molecule has 1 amide bonds. The van der Waals surface area contributed by atoms with E-state index in [0.717, 1.165) is 5.69 Å². The van der Waals surface area contributed by atoms with Crippen LogP contribution in [0.25, 0.3) is 0 Å². The Bertz CT molecular complexity index is 334. The zero-order valence-corrected chi connectivity index (χ0v) is 9.27. The van der Waals surface area contributed by atoms with E-state index >= 15 is 0 Å². The lowest BCUT2D eigenvalue weighted by Gasteiger charge is -2.19. The smallest absolute Gasteiger partial charge is 0.240 e. The van der Waals surface area contributed by atoms with E-state index in [4.69, 9.17) is 5.73 Å². The molecule has 0 saturated carbocycles. The van der Waals surface area contributed by atoms with Crippen molar-refractivity contribution in [2.45, 2.75) is 0 Å². The van der Waals surface area contributed by atoms with E-state index in [1.807, 2.05) is 19.0 Å². The number of aromatic nitrogens is 1. The van der Waals surface area contributed by atoms with Crippen molar-refractivity contribution < 1.29 is 4.79 Å². The minimum Gasteiger partial charge on any atom is -0.384 e. The molecule has 0 atom stereocenters. The number of nitrogens with zero attached hydrogens (tertiary/aromatic N) is 3. The first-order valence-electron chi connectivity index (χ1n) is 4.63. The summed E-state index contributed by atoms with van der Waals surface area (Å²) in [5, 5.41) is 0. The van der Waals surface area contributed by atoms with Crippen molar-refractivity contribution in [2.75, 3.05) is 38.3 Å². The van der Waals surface area contributed by atoms with Gasteiger partial charge in [-0.25, -0.2) is 4.98 Å². The minimum absolute atomic E-state index is 0.0200. The van der Waals surface area contributed by atoms with E-state index in [1.54, 1.807) is 30.3 Å². The predicted molar refractivity (Wildman–Crippen MR) is 60.6 cm³/mol. The maximum atomic E-state index is 11.7. The van der Waals surface area contributed by atoms with Crippen molar-refractivity contribution in [1.29, 1.82) is 0 Å². The van der Waals surface area contributed by atoms with Crippen LogP contribution in [0.4, 0.5) is 11.5 Å². The molecule has 1 aromatic rings. The van der Waals surface area contributed by atoms with Crippen LogP contribution >= 0.6 is 0 Å². The Hall–Kier alpha value is -1.62. The van der Waals surface area contributed by atoms with Crippen LogP contribution in [-0.2, 0) is 4.79 Å². The molecule has 2 N–H and O–H groups in total. The number of nitrogens with two attached hydrogens (primary N) is 1. The van der Waals surface area contributed by atoms with Crippen molar-refractivity contribution in [1.82, 2.24) is 9.88 Å². The molecule has 0 aromatic carbocycles. The van der Waals surface area contributed by atoms with E-state index in [1.165, 1.54) is 0 Å². The summed E-state index contributed by atoms with van der Waals surface area (Å²) < 4.78 is 0. The quantitative estimate of drug-likeness (QED) is 0.770. The Labute approximate surface area is 89.5 Å². The molecule has 0 aliphatic rings. The molecule has 5 heteroatoms. The second kappa shape index (κ2) is 4.75. The van der Waals surface area contributed by atoms with Crippen LogP contribution < -0.4 is 10.6 Å². The maximum Gasteiger partial charge on any atom is 0.240 e. The van der Waals surface area contributed by atoms with Crippen molar-refractivity contribution >= 4 is 17.4 Å². The summed E-state index contributed by atoms with van der Waals surface area (Å²) in [5.41, 5.74) is 6.21. The molecule has 0 aliphatic carbocycles. The van der Waals surface area contributed by atoms with E-state index < -0.39 is 0 Å². The van der Waals surface area contributed by atoms with Gasteiger partial charge in [0.2, 0.25) is 5.91 Å². The van der Waals surface area contributed by atoms with Crippen molar-refractivity contribution in [2.24, 2.45) is 0 Å². The van der Waals surface area contributed by atoms with Gasteiger partial charge in [0.1, 0.15) is 5.82 Å². The van der Waals surface area contributed by atoms with Gasteiger partial charge in [0, 0.05) is 7.05 Å². The average Bonchev–Trinajstić information content (AvgIpc) is 2.17. The summed E-state index contributed by atoms with van der Waals surface area (Å²) in [6.07, 6.45) is 1.59. The molecular weight excluding hydrogens is 192 g/mol. The molecule has 1 heterocycles. The molecule has 0 spiro atoms. The van der Waals surface area contributed by atoms with E-state index in [0.29, 0.717) is 12.4 Å². The van der Waals surface area contributed by atoms with E-state index in [9.17, 15) is 4.79 Å². The second-order valence-corrected chi connectivity index (χ2v) is 3.63. The number of likely N-dealkylation sites (N-methyl/N-ethyl adjacent to an activating group) is 2. The van der Waals surface area contributed by atoms with Crippen LogP contribution in [0.15, 0.2) is 18.3 Å². The zero-order valence-electron chi connectivity index (χ0n) is 9.27. The van der Waals surface area contributed by atoms with Gasteiger partial charge in [-0.15, -0.1) is 0 Å². The monoisotopic (exact) mass is 208 g/mol. The predicted octanol–water partition coefficient (Wildman–Crippen LogP) is 0.188. The average molecular weight is 208 g/mol. The van der Waals surface area contributed by atoms with Gasteiger partial charge in [-0.3, -0.25) is 4.79 Å². The Kier molecular flexibility index (Phi) is 3.62. The van der Waals surface area contributed by atoms with Gasteiger partial charge in [0.05, 0.1) is 18.4 Å². The molecule has 0 unspecified atom stereocenters. The third kappa shape index (κ3) is 3.21. The van der Waals surface area contributed by atoms with Crippen LogP contribution in [0.2, 0.25) is 0 Å². The number of nitrogen functional groups attached to an aromatic ring is 1. The Balaban J connectivity index is 2.71. The summed E-state index contributed by atoms with van der Waals surface area (Å²) in [4.78, 5) is 19.0. The van der Waals surface area contributed by atoms with Crippen LogP contribution in [0, 0.1) is 0 Å². The molecule has 0 fully saturated rings. The first kappa shape index (κ1) is 11.5. The van der Waals surface area contributed by atoms with Gasteiger partial charge >= 0.3 is 0 Å². The highest BCUT2D eigenvalue weighted by atomic mass is 16.2. The number of rotatable bonds is 3. The first-order valence-corrected chi connectivity index (χ1v) is 4.63. The number of anilines is 2. The minimum atomic E-state index is 0.0200. The molecule has 0 radical (unpaired) electrons. The highest BCUT2D eigenvalue weighted by Crippen LogP contribution is 2.12. The lowest BCUT2D eigenvalue weighted by molar-refractivity contribution is -0.118. The molecule has 5 nitrogen and oxygen atoms in total. The SMILES string of the molecule is CN(C)CC(=O)N(C)c1ccc(N)nc1. The molecule has 82 valence electrons. The van der Waals surface area contributed by atoms with E-state index in [-0.39, 0.29) is 5.91 Å². The number of carbonyl (C=O) groups excluding carboxylic acids is 1. The summed E-state index contributed by atoms with van der Waals surface area (Å²) >= 11 is 0. The second-order valence-electron chi connectivity index (χ2n) is 3.63.